The Bertz CT molecular complexity index is 587. The van der Waals surface area contributed by atoms with Gasteiger partial charge >= 0.3 is 0 Å². The highest BCUT2D eigenvalue weighted by Gasteiger charge is 2.16. The fourth-order valence-corrected chi connectivity index (χ4v) is 2.37. The highest BCUT2D eigenvalue weighted by atomic mass is 16.1. The first-order valence-electron chi connectivity index (χ1n) is 7.25. The summed E-state index contributed by atoms with van der Waals surface area (Å²) in [5, 5.41) is 11.6. The van der Waals surface area contributed by atoms with Gasteiger partial charge < -0.3 is 5.32 Å². The number of rotatable bonds is 6. The van der Waals surface area contributed by atoms with Crippen molar-refractivity contribution in [2.75, 3.05) is 6.54 Å². The van der Waals surface area contributed by atoms with Crippen molar-refractivity contribution in [3.63, 3.8) is 0 Å². The molecule has 2 atom stereocenters. The molecule has 2 heterocycles. The van der Waals surface area contributed by atoms with E-state index in [1.165, 1.54) is 0 Å². The van der Waals surface area contributed by atoms with Crippen LogP contribution < -0.4 is 5.32 Å². The van der Waals surface area contributed by atoms with E-state index in [1.54, 1.807) is 10.9 Å². The minimum Gasteiger partial charge on any atom is -0.354 e. The van der Waals surface area contributed by atoms with Crippen LogP contribution in [0.4, 0.5) is 0 Å². The van der Waals surface area contributed by atoms with Gasteiger partial charge in [0.2, 0.25) is 5.91 Å². The molecule has 0 saturated carbocycles. The molecule has 2 aromatic heterocycles. The monoisotopic (exact) mass is 289 g/mol. The van der Waals surface area contributed by atoms with E-state index in [2.05, 4.69) is 22.4 Å². The van der Waals surface area contributed by atoms with Gasteiger partial charge in [-0.15, -0.1) is 0 Å². The van der Waals surface area contributed by atoms with Crippen LogP contribution in [0.25, 0.3) is 0 Å². The number of amides is 1. The zero-order valence-corrected chi connectivity index (χ0v) is 13.1. The van der Waals surface area contributed by atoms with Crippen LogP contribution in [-0.4, -0.2) is 32.0 Å². The molecule has 0 spiro atoms. The predicted octanol–water partition coefficient (Wildman–Crippen LogP) is 1.71. The maximum Gasteiger partial charge on any atom is 0.224 e. The third-order valence-electron chi connectivity index (χ3n) is 3.50. The number of hydrogen-bond acceptors (Lipinski definition) is 3. The molecule has 21 heavy (non-hydrogen) atoms. The molecule has 0 bridgehead atoms. The van der Waals surface area contributed by atoms with Gasteiger partial charge in [0.15, 0.2) is 0 Å². The van der Waals surface area contributed by atoms with Crippen molar-refractivity contribution in [1.82, 2.24) is 24.9 Å². The van der Waals surface area contributed by atoms with E-state index in [0.717, 1.165) is 11.4 Å². The molecule has 1 N–H and O–H groups in total. The van der Waals surface area contributed by atoms with Crippen LogP contribution in [0, 0.1) is 19.8 Å². The van der Waals surface area contributed by atoms with Gasteiger partial charge in [0.1, 0.15) is 0 Å². The quantitative estimate of drug-likeness (QED) is 0.880. The Labute approximate surface area is 125 Å². The summed E-state index contributed by atoms with van der Waals surface area (Å²) in [5.74, 6) is -0.0727. The van der Waals surface area contributed by atoms with E-state index in [4.69, 9.17) is 0 Å². The van der Waals surface area contributed by atoms with Crippen molar-refractivity contribution in [2.24, 2.45) is 5.92 Å². The lowest BCUT2D eigenvalue weighted by Gasteiger charge is -2.17. The first kappa shape index (κ1) is 15.3. The van der Waals surface area contributed by atoms with E-state index in [0.29, 0.717) is 13.1 Å². The third-order valence-corrected chi connectivity index (χ3v) is 3.50. The summed E-state index contributed by atoms with van der Waals surface area (Å²) in [7, 11) is 0. The van der Waals surface area contributed by atoms with Crippen LogP contribution in [0.3, 0.4) is 0 Å². The average molecular weight is 289 g/mol. The van der Waals surface area contributed by atoms with E-state index < -0.39 is 0 Å². The maximum absolute atomic E-state index is 12.1. The highest BCUT2D eigenvalue weighted by Crippen LogP contribution is 2.10. The van der Waals surface area contributed by atoms with E-state index >= 15 is 0 Å². The molecule has 0 aliphatic rings. The van der Waals surface area contributed by atoms with Gasteiger partial charge in [-0.05, 0) is 32.9 Å². The minimum absolute atomic E-state index is 0.0406. The summed E-state index contributed by atoms with van der Waals surface area (Å²) >= 11 is 0. The summed E-state index contributed by atoms with van der Waals surface area (Å²) in [6.45, 7) is 9.12. The van der Waals surface area contributed by atoms with E-state index in [-0.39, 0.29) is 17.9 Å². The van der Waals surface area contributed by atoms with Crippen molar-refractivity contribution in [3.8, 4) is 0 Å². The van der Waals surface area contributed by atoms with Crippen LogP contribution in [0.1, 0.15) is 31.3 Å². The van der Waals surface area contributed by atoms with Crippen molar-refractivity contribution in [1.29, 1.82) is 0 Å². The molecule has 0 saturated heterocycles. The second-order valence-corrected chi connectivity index (χ2v) is 5.59. The molecule has 0 aromatic carbocycles. The SMILES string of the molecule is Cc1cc(C)n([C@@H](C)CNC(=O)[C@@H](C)Cn2cccn2)n1. The Morgan fingerprint density at radius 3 is 2.71 bits per heavy atom. The summed E-state index contributed by atoms with van der Waals surface area (Å²) < 4.78 is 3.72. The average Bonchev–Trinajstić information content (AvgIpc) is 3.05. The van der Waals surface area contributed by atoms with Crippen LogP contribution in [0.15, 0.2) is 24.5 Å². The molecular weight excluding hydrogens is 266 g/mol. The molecule has 0 radical (unpaired) electrons. The second kappa shape index (κ2) is 6.56. The Hall–Kier alpha value is -2.11. The molecule has 0 aliphatic heterocycles. The van der Waals surface area contributed by atoms with Gasteiger partial charge in [-0.25, -0.2) is 0 Å². The number of carbonyl (C=O) groups excluding carboxylic acids is 1. The molecule has 0 aliphatic carbocycles. The standard InChI is InChI=1S/C15H23N5O/c1-11(10-19-7-5-6-17-19)15(21)16-9-14(4)20-13(3)8-12(2)18-20/h5-8,11,14H,9-10H2,1-4H3,(H,16,21)/t11-,14-/m0/s1. The molecule has 6 nitrogen and oxygen atoms in total. The summed E-state index contributed by atoms with van der Waals surface area (Å²) in [4.78, 5) is 12.1. The first-order valence-corrected chi connectivity index (χ1v) is 7.25. The van der Waals surface area contributed by atoms with Crippen molar-refractivity contribution < 1.29 is 4.79 Å². The van der Waals surface area contributed by atoms with E-state index in [1.807, 2.05) is 43.8 Å². The van der Waals surface area contributed by atoms with Gasteiger partial charge in [-0.2, -0.15) is 10.2 Å². The highest BCUT2D eigenvalue weighted by molar-refractivity contribution is 5.78. The number of carbonyl (C=O) groups is 1. The van der Waals surface area contributed by atoms with Crippen molar-refractivity contribution in [3.05, 3.63) is 35.9 Å². The molecule has 2 aromatic rings. The number of aromatic nitrogens is 4. The fraction of sp³-hybridized carbons (Fsp3) is 0.533. The molecule has 114 valence electrons. The van der Waals surface area contributed by atoms with Crippen LogP contribution in [0.2, 0.25) is 0 Å². The Morgan fingerprint density at radius 2 is 2.14 bits per heavy atom. The van der Waals surface area contributed by atoms with Gasteiger partial charge in [0.05, 0.1) is 24.2 Å². The topological polar surface area (TPSA) is 64.7 Å². The fourth-order valence-electron chi connectivity index (χ4n) is 2.37. The normalized spacial score (nSPS) is 13.9. The minimum atomic E-state index is -0.113. The predicted molar refractivity (Wildman–Crippen MR) is 80.8 cm³/mol. The number of nitrogens with zero attached hydrogens (tertiary/aromatic N) is 4. The number of hydrogen-bond donors (Lipinski definition) is 1. The van der Waals surface area contributed by atoms with E-state index in [9.17, 15) is 4.79 Å². The second-order valence-electron chi connectivity index (χ2n) is 5.59. The van der Waals surface area contributed by atoms with Gasteiger partial charge in [-0.1, -0.05) is 6.92 Å². The number of aryl methyl sites for hydroxylation is 2. The molecule has 1 amide bonds. The molecular formula is C15H23N5O. The lowest BCUT2D eigenvalue weighted by atomic mass is 10.1. The summed E-state index contributed by atoms with van der Waals surface area (Å²) in [6.07, 6.45) is 3.58. The third kappa shape index (κ3) is 3.93. The Balaban J connectivity index is 1.84. The van der Waals surface area contributed by atoms with Crippen LogP contribution >= 0.6 is 0 Å². The lowest BCUT2D eigenvalue weighted by Crippen LogP contribution is -2.35. The first-order chi connectivity index (χ1) is 9.97. The summed E-state index contributed by atoms with van der Waals surface area (Å²) in [6, 6.07) is 4.04. The van der Waals surface area contributed by atoms with Crippen molar-refractivity contribution in [2.45, 2.75) is 40.3 Å². The molecule has 0 fully saturated rings. The molecule has 0 unspecified atom stereocenters. The smallest absolute Gasteiger partial charge is 0.224 e. The maximum atomic E-state index is 12.1. The lowest BCUT2D eigenvalue weighted by molar-refractivity contribution is -0.125. The van der Waals surface area contributed by atoms with Gasteiger partial charge in [0.25, 0.3) is 0 Å². The number of nitrogens with one attached hydrogen (secondary N) is 1. The zero-order valence-electron chi connectivity index (χ0n) is 13.1. The van der Waals surface area contributed by atoms with Gasteiger partial charge in [-0.3, -0.25) is 14.2 Å². The Morgan fingerprint density at radius 1 is 1.38 bits per heavy atom. The molecule has 2 rings (SSSR count). The molecule has 6 heteroatoms. The van der Waals surface area contributed by atoms with Gasteiger partial charge in [0, 0.05) is 24.6 Å². The largest absolute Gasteiger partial charge is 0.354 e. The van der Waals surface area contributed by atoms with Crippen molar-refractivity contribution >= 4 is 5.91 Å². The van der Waals surface area contributed by atoms with Crippen LogP contribution in [0.5, 0.6) is 0 Å². The summed E-state index contributed by atoms with van der Waals surface area (Å²) in [5.41, 5.74) is 2.11. The Kier molecular flexibility index (Phi) is 4.77. The van der Waals surface area contributed by atoms with Crippen LogP contribution in [-0.2, 0) is 11.3 Å². The zero-order chi connectivity index (χ0) is 15.4.